The molecule has 0 saturated carbocycles. The smallest absolute Gasteiger partial charge is 0.114 e. The lowest BCUT2D eigenvalue weighted by Crippen LogP contribution is -2.26. The van der Waals surface area contributed by atoms with E-state index in [1.165, 1.54) is 77.2 Å². The van der Waals surface area contributed by atoms with E-state index in [1.807, 2.05) is 0 Å². The summed E-state index contributed by atoms with van der Waals surface area (Å²) in [5.74, 6) is 1.07. The van der Waals surface area contributed by atoms with Gasteiger partial charge in [-0.25, -0.2) is 4.98 Å². The maximum Gasteiger partial charge on any atom is 0.114 e. The zero-order valence-corrected chi connectivity index (χ0v) is 27.7. The molecule has 0 radical (unpaired) electrons. The first-order valence-electron chi connectivity index (χ1n) is 17.6. The van der Waals surface area contributed by atoms with Gasteiger partial charge in [-0.2, -0.15) is 0 Å². The highest BCUT2D eigenvalue weighted by Crippen LogP contribution is 2.65. The molecule has 0 amide bonds. The fraction of sp³-hybridized carbons (Fsp3) is 0.0625. The highest BCUT2D eigenvalue weighted by atomic mass is 15.1. The molecule has 11 rings (SSSR count). The average molecular weight is 637 g/mol. The first-order valence-corrected chi connectivity index (χ1v) is 17.6. The largest absolute Gasteiger partial charge is 0.296 e. The first-order chi connectivity index (χ1) is 24.8. The molecule has 0 bridgehead atoms. The average Bonchev–Trinajstić information content (AvgIpc) is 3.82. The summed E-state index contributed by atoms with van der Waals surface area (Å²) in [5, 5.41) is 5.16. The van der Waals surface area contributed by atoms with Gasteiger partial charge < -0.3 is 0 Å². The summed E-state index contributed by atoms with van der Waals surface area (Å²) < 4.78 is 2.33. The van der Waals surface area contributed by atoms with Crippen LogP contribution in [0.5, 0.6) is 0 Å². The third-order valence-corrected chi connectivity index (χ3v) is 11.3. The third kappa shape index (κ3) is 3.45. The number of hydrogen-bond donors (Lipinski definition) is 0. The van der Waals surface area contributed by atoms with Gasteiger partial charge in [-0.15, -0.1) is 0 Å². The van der Waals surface area contributed by atoms with Gasteiger partial charge in [0, 0.05) is 12.1 Å². The molecule has 0 saturated heterocycles. The van der Waals surface area contributed by atoms with E-state index < -0.39 is 5.41 Å². The Labute approximate surface area is 290 Å². The predicted octanol–water partition coefficient (Wildman–Crippen LogP) is 11.9. The van der Waals surface area contributed by atoms with Crippen LogP contribution in [0.25, 0.3) is 71.6 Å². The minimum atomic E-state index is -0.453. The summed E-state index contributed by atoms with van der Waals surface area (Å²) in [4.78, 5) is 5.01. The van der Waals surface area contributed by atoms with Gasteiger partial charge in [0.05, 0.1) is 16.4 Å². The van der Waals surface area contributed by atoms with Crippen molar-refractivity contribution in [2.45, 2.75) is 18.8 Å². The number of nitrogens with zero attached hydrogens (tertiary/aromatic N) is 2. The molecule has 234 valence electrons. The highest BCUT2D eigenvalue weighted by molar-refractivity contribution is 6.14. The Bertz CT molecular complexity index is 2830. The first kappa shape index (κ1) is 27.7. The van der Waals surface area contributed by atoms with Crippen molar-refractivity contribution >= 4 is 32.6 Å². The van der Waals surface area contributed by atoms with E-state index in [2.05, 4.69) is 175 Å². The number of fused-ring (bicyclic) bond motifs is 15. The van der Waals surface area contributed by atoms with Crippen molar-refractivity contribution in [1.29, 1.82) is 0 Å². The van der Waals surface area contributed by atoms with E-state index in [0.29, 0.717) is 0 Å². The molecule has 2 heteroatoms. The Morgan fingerprint density at radius 3 is 2.00 bits per heavy atom. The summed E-state index contributed by atoms with van der Waals surface area (Å²) in [7, 11) is 0. The van der Waals surface area contributed by atoms with Crippen LogP contribution in [0, 0.1) is 0 Å². The lowest BCUT2D eigenvalue weighted by Gasteiger charge is -2.32. The second-order valence-corrected chi connectivity index (χ2v) is 13.7. The fourth-order valence-corrected chi connectivity index (χ4v) is 9.43. The van der Waals surface area contributed by atoms with Crippen molar-refractivity contribution in [2.75, 3.05) is 0 Å². The second-order valence-electron chi connectivity index (χ2n) is 13.7. The molecule has 0 fully saturated rings. The van der Waals surface area contributed by atoms with Gasteiger partial charge >= 0.3 is 0 Å². The van der Waals surface area contributed by atoms with Gasteiger partial charge in [0.25, 0.3) is 0 Å². The molecule has 0 unspecified atom stereocenters. The van der Waals surface area contributed by atoms with Gasteiger partial charge in [0.2, 0.25) is 0 Å². The third-order valence-electron chi connectivity index (χ3n) is 11.3. The molecule has 1 aromatic heterocycles. The molecular formula is C48H32N2. The molecule has 50 heavy (non-hydrogen) atoms. The Hall–Kier alpha value is -6.25. The standard InChI is InChI=1S/C48H32N2/c1-2-45-49-43-24-11-12-25-44(43)50(45)32-16-13-15-31(28-32)39-29-42-46(37-21-6-5-18-34(37)39)38-27-26-30-14-3-4-17-33(30)47(38)48(42)40-22-9-7-19-35(40)36-20-8-10-23-41(36)48/h3-29H,2H2,1H3. The number of benzene rings is 8. The Kier molecular flexibility index (Phi) is 5.61. The number of aryl methyl sites for hydroxylation is 1. The van der Waals surface area contributed by atoms with E-state index in [-0.39, 0.29) is 0 Å². The van der Waals surface area contributed by atoms with Crippen LogP contribution in [-0.2, 0) is 11.8 Å². The molecule has 0 aliphatic heterocycles. The fourth-order valence-electron chi connectivity index (χ4n) is 9.43. The van der Waals surface area contributed by atoms with Crippen molar-refractivity contribution in [3.05, 3.63) is 192 Å². The number of para-hydroxylation sites is 2. The maximum atomic E-state index is 5.01. The zero-order valence-electron chi connectivity index (χ0n) is 27.7. The molecule has 0 atom stereocenters. The normalized spacial score (nSPS) is 13.5. The topological polar surface area (TPSA) is 17.8 Å². The summed E-state index contributed by atoms with van der Waals surface area (Å²) in [6, 6.07) is 61.0. The molecule has 0 N–H and O–H groups in total. The molecule has 1 heterocycles. The molecule has 9 aromatic rings. The van der Waals surface area contributed by atoms with Crippen LogP contribution in [0.4, 0.5) is 0 Å². The van der Waals surface area contributed by atoms with Crippen LogP contribution in [-0.4, -0.2) is 9.55 Å². The van der Waals surface area contributed by atoms with Gasteiger partial charge in [0.1, 0.15) is 5.82 Å². The maximum absolute atomic E-state index is 5.01. The Balaban J connectivity index is 1.27. The minimum Gasteiger partial charge on any atom is -0.296 e. The van der Waals surface area contributed by atoms with Crippen molar-refractivity contribution in [2.24, 2.45) is 0 Å². The van der Waals surface area contributed by atoms with Gasteiger partial charge in [-0.05, 0) is 108 Å². The van der Waals surface area contributed by atoms with Crippen LogP contribution in [0.3, 0.4) is 0 Å². The summed E-state index contributed by atoms with van der Waals surface area (Å²) in [6.07, 6.45) is 0.855. The van der Waals surface area contributed by atoms with Crippen molar-refractivity contribution < 1.29 is 0 Å². The van der Waals surface area contributed by atoms with E-state index in [0.717, 1.165) is 29.0 Å². The summed E-state index contributed by atoms with van der Waals surface area (Å²) in [6.45, 7) is 2.19. The number of imidazole rings is 1. The molecule has 2 aliphatic rings. The van der Waals surface area contributed by atoms with E-state index in [1.54, 1.807) is 0 Å². The zero-order chi connectivity index (χ0) is 33.0. The minimum absolute atomic E-state index is 0.453. The summed E-state index contributed by atoms with van der Waals surface area (Å²) >= 11 is 0. The molecule has 2 nitrogen and oxygen atoms in total. The van der Waals surface area contributed by atoms with Crippen molar-refractivity contribution in [3.8, 4) is 39.1 Å². The predicted molar refractivity (Wildman–Crippen MR) is 207 cm³/mol. The SMILES string of the molecule is CCc1nc2ccccc2n1-c1cccc(-c2cc3c(c4ccccc24)-c2ccc4ccccc4c2C32c3ccccc3-c3ccccc32)c1. The van der Waals surface area contributed by atoms with E-state index >= 15 is 0 Å². The van der Waals surface area contributed by atoms with E-state index in [4.69, 9.17) is 4.98 Å². The van der Waals surface area contributed by atoms with Gasteiger partial charge in [-0.3, -0.25) is 4.57 Å². The Morgan fingerprint density at radius 2 is 1.20 bits per heavy atom. The number of hydrogen-bond acceptors (Lipinski definition) is 1. The van der Waals surface area contributed by atoms with Crippen molar-refractivity contribution in [3.63, 3.8) is 0 Å². The van der Waals surface area contributed by atoms with E-state index in [9.17, 15) is 0 Å². The Morgan fingerprint density at radius 1 is 0.520 bits per heavy atom. The molecular weight excluding hydrogens is 605 g/mol. The highest BCUT2D eigenvalue weighted by Gasteiger charge is 2.53. The molecule has 1 spiro atoms. The lowest BCUT2D eigenvalue weighted by atomic mass is 9.69. The van der Waals surface area contributed by atoms with Crippen LogP contribution in [0.15, 0.2) is 164 Å². The van der Waals surface area contributed by atoms with Crippen LogP contribution < -0.4 is 0 Å². The monoisotopic (exact) mass is 636 g/mol. The van der Waals surface area contributed by atoms with Gasteiger partial charge in [0.15, 0.2) is 0 Å². The van der Waals surface area contributed by atoms with Crippen LogP contribution in [0.1, 0.15) is 35.0 Å². The van der Waals surface area contributed by atoms with Gasteiger partial charge in [-0.1, -0.05) is 140 Å². The van der Waals surface area contributed by atoms with Crippen LogP contribution in [0.2, 0.25) is 0 Å². The van der Waals surface area contributed by atoms with Crippen LogP contribution >= 0.6 is 0 Å². The second kappa shape index (κ2) is 10.1. The molecule has 8 aromatic carbocycles. The quantitative estimate of drug-likeness (QED) is 0.189. The molecule has 2 aliphatic carbocycles. The summed E-state index contributed by atoms with van der Waals surface area (Å²) in [5.41, 5.74) is 16.1. The number of aromatic nitrogens is 2. The van der Waals surface area contributed by atoms with Crippen molar-refractivity contribution in [1.82, 2.24) is 9.55 Å². The number of rotatable bonds is 3. The lowest BCUT2D eigenvalue weighted by molar-refractivity contribution is 0.802.